The van der Waals surface area contributed by atoms with Gasteiger partial charge in [0.25, 0.3) is 0 Å². The van der Waals surface area contributed by atoms with Crippen LogP contribution in [-0.4, -0.2) is 60.3 Å². The fourth-order valence-corrected chi connectivity index (χ4v) is 4.04. The number of esters is 4. The summed E-state index contributed by atoms with van der Waals surface area (Å²) in [5.41, 5.74) is -0.826. The number of benzene rings is 1. The van der Waals surface area contributed by atoms with E-state index >= 15 is 0 Å². The van der Waals surface area contributed by atoms with Crippen molar-refractivity contribution in [2.24, 2.45) is 0 Å². The third-order valence-corrected chi connectivity index (χ3v) is 5.10. The van der Waals surface area contributed by atoms with Gasteiger partial charge in [0.1, 0.15) is 18.1 Å². The summed E-state index contributed by atoms with van der Waals surface area (Å²) in [5, 5.41) is 0. The average Bonchev–Trinajstić information content (AvgIpc) is 2.64. The molecule has 0 unspecified atom stereocenters. The van der Waals surface area contributed by atoms with Crippen molar-refractivity contribution < 1.29 is 42.9 Å². The molecule has 0 radical (unpaired) electrons. The lowest BCUT2D eigenvalue weighted by atomic mass is 9.99. The highest BCUT2D eigenvalue weighted by molar-refractivity contribution is 7.99. The predicted molar refractivity (Wildman–Crippen MR) is 104 cm³/mol. The highest BCUT2D eigenvalue weighted by Gasteiger charge is 2.52. The van der Waals surface area contributed by atoms with Crippen molar-refractivity contribution >= 4 is 35.6 Å². The quantitative estimate of drug-likeness (QED) is 0.460. The molecule has 1 aliphatic rings. The number of hydrogen-bond acceptors (Lipinski definition) is 10. The second kappa shape index (κ2) is 11.0. The van der Waals surface area contributed by atoms with E-state index in [1.54, 1.807) is 0 Å². The third-order valence-electron chi connectivity index (χ3n) is 3.94. The van der Waals surface area contributed by atoms with Gasteiger partial charge in [0.15, 0.2) is 18.3 Å². The Balaban J connectivity index is 2.42. The number of ether oxygens (including phenoxy) is 5. The smallest absolute Gasteiger partial charge is 0.303 e. The molecule has 1 heterocycles. The van der Waals surface area contributed by atoms with Gasteiger partial charge >= 0.3 is 23.9 Å². The zero-order chi connectivity index (χ0) is 22.3. The minimum atomic E-state index is -1.16. The monoisotopic (exact) mass is 440 g/mol. The molecule has 5 atom stereocenters. The van der Waals surface area contributed by atoms with Crippen LogP contribution >= 0.6 is 11.8 Å². The summed E-state index contributed by atoms with van der Waals surface area (Å²) in [6, 6.07) is 9.16. The van der Waals surface area contributed by atoms with Gasteiger partial charge in [-0.25, -0.2) is 0 Å². The molecule has 0 bridgehead atoms. The maximum Gasteiger partial charge on any atom is 0.303 e. The zero-order valence-corrected chi connectivity index (χ0v) is 17.9. The summed E-state index contributed by atoms with van der Waals surface area (Å²) in [6.45, 7) is 4.56. The molecule has 0 spiro atoms. The zero-order valence-electron chi connectivity index (χ0n) is 17.1. The standard InChI is InChI=1S/C20H24O9S/c1-11(21)25-10-16-17(26-12(2)22)18(27-13(3)23)19(28-14(4)24)20(29-16)30-15-8-6-5-7-9-15/h5-9,16-20H,10H2,1-4H3/t16-,17-,18+,19+,20-/m0/s1. The molecule has 10 heteroatoms. The van der Waals surface area contributed by atoms with E-state index in [1.165, 1.54) is 39.5 Å². The van der Waals surface area contributed by atoms with Gasteiger partial charge in [-0.2, -0.15) is 0 Å². The Morgan fingerprint density at radius 2 is 1.33 bits per heavy atom. The predicted octanol–water partition coefficient (Wildman–Crippen LogP) is 1.86. The topological polar surface area (TPSA) is 114 Å². The van der Waals surface area contributed by atoms with E-state index in [4.69, 9.17) is 23.7 Å². The van der Waals surface area contributed by atoms with E-state index in [0.717, 1.165) is 4.90 Å². The van der Waals surface area contributed by atoms with E-state index in [2.05, 4.69) is 0 Å². The van der Waals surface area contributed by atoms with Gasteiger partial charge in [-0.1, -0.05) is 30.0 Å². The first-order valence-corrected chi connectivity index (χ1v) is 10.1. The van der Waals surface area contributed by atoms with E-state index in [1.807, 2.05) is 30.3 Å². The third kappa shape index (κ3) is 7.03. The summed E-state index contributed by atoms with van der Waals surface area (Å²) in [6.07, 6.45) is -4.33. The lowest BCUT2D eigenvalue weighted by molar-refractivity contribution is -0.237. The molecule has 0 aliphatic carbocycles. The van der Waals surface area contributed by atoms with Crippen LogP contribution in [0.5, 0.6) is 0 Å². The lowest BCUT2D eigenvalue weighted by Crippen LogP contribution is -2.61. The average molecular weight is 440 g/mol. The highest BCUT2D eigenvalue weighted by Crippen LogP contribution is 2.37. The molecule has 1 fully saturated rings. The summed E-state index contributed by atoms with van der Waals surface area (Å²) < 4.78 is 27.2. The normalized spacial score (nSPS) is 25.7. The van der Waals surface area contributed by atoms with E-state index < -0.39 is 53.7 Å². The molecule has 2 rings (SSSR count). The minimum Gasteiger partial charge on any atom is -0.463 e. The Bertz CT molecular complexity index is 767. The number of carbonyl (C=O) groups excluding carboxylic acids is 4. The summed E-state index contributed by atoms with van der Waals surface area (Å²) in [7, 11) is 0. The molecule has 1 aromatic carbocycles. The number of hydrogen-bond donors (Lipinski definition) is 0. The van der Waals surface area contributed by atoms with Crippen molar-refractivity contribution in [2.75, 3.05) is 6.61 Å². The van der Waals surface area contributed by atoms with Crippen LogP contribution in [0.3, 0.4) is 0 Å². The van der Waals surface area contributed by atoms with Gasteiger partial charge in [0, 0.05) is 32.6 Å². The van der Waals surface area contributed by atoms with Crippen LogP contribution in [0.2, 0.25) is 0 Å². The second-order valence-electron chi connectivity index (χ2n) is 6.50. The Morgan fingerprint density at radius 1 is 0.800 bits per heavy atom. The molecular formula is C20H24O9S. The van der Waals surface area contributed by atoms with Gasteiger partial charge < -0.3 is 23.7 Å². The van der Waals surface area contributed by atoms with Gasteiger partial charge in [-0.15, -0.1) is 0 Å². The summed E-state index contributed by atoms with van der Waals surface area (Å²) >= 11 is 1.23. The maximum absolute atomic E-state index is 11.8. The van der Waals surface area contributed by atoms with Crippen LogP contribution in [0.25, 0.3) is 0 Å². The molecule has 164 valence electrons. The lowest BCUT2D eigenvalue weighted by Gasteiger charge is -2.44. The van der Waals surface area contributed by atoms with E-state index in [9.17, 15) is 19.2 Å². The van der Waals surface area contributed by atoms with Crippen LogP contribution in [0, 0.1) is 0 Å². The SMILES string of the molecule is CC(=O)OC[C@@H]1O[C@@H](Sc2ccccc2)[C@H](OC(C)=O)[C@H](OC(C)=O)[C@H]1OC(C)=O. The second-order valence-corrected chi connectivity index (χ2v) is 7.67. The first kappa shape index (κ1) is 23.7. The molecular weight excluding hydrogens is 416 g/mol. The van der Waals surface area contributed by atoms with Gasteiger partial charge in [0.2, 0.25) is 0 Å². The molecule has 0 amide bonds. The van der Waals surface area contributed by atoms with E-state index in [-0.39, 0.29) is 6.61 Å². The molecule has 1 aliphatic heterocycles. The maximum atomic E-state index is 11.8. The summed E-state index contributed by atoms with van der Waals surface area (Å²) in [4.78, 5) is 47.3. The number of thioether (sulfide) groups is 1. The van der Waals surface area contributed by atoms with Crippen LogP contribution in [0.4, 0.5) is 0 Å². The Morgan fingerprint density at radius 3 is 1.87 bits per heavy atom. The van der Waals surface area contributed by atoms with Gasteiger partial charge in [0.05, 0.1) is 0 Å². The van der Waals surface area contributed by atoms with Crippen LogP contribution < -0.4 is 0 Å². The van der Waals surface area contributed by atoms with Crippen molar-refractivity contribution in [2.45, 2.75) is 62.4 Å². The van der Waals surface area contributed by atoms with Crippen molar-refractivity contribution in [1.82, 2.24) is 0 Å². The van der Waals surface area contributed by atoms with Crippen molar-refractivity contribution in [3.8, 4) is 0 Å². The molecule has 0 saturated carbocycles. The highest BCUT2D eigenvalue weighted by atomic mass is 32.2. The van der Waals surface area contributed by atoms with Gasteiger partial charge in [-0.3, -0.25) is 19.2 Å². The van der Waals surface area contributed by atoms with Crippen LogP contribution in [0.1, 0.15) is 27.7 Å². The van der Waals surface area contributed by atoms with Crippen molar-refractivity contribution in [1.29, 1.82) is 0 Å². The van der Waals surface area contributed by atoms with E-state index in [0.29, 0.717) is 0 Å². The minimum absolute atomic E-state index is 0.246. The Hall–Kier alpha value is -2.59. The Kier molecular flexibility index (Phi) is 8.67. The Labute approximate surface area is 178 Å². The molecule has 1 saturated heterocycles. The van der Waals surface area contributed by atoms with Crippen molar-refractivity contribution in [3.63, 3.8) is 0 Å². The number of rotatable bonds is 7. The molecule has 30 heavy (non-hydrogen) atoms. The van der Waals surface area contributed by atoms with Crippen molar-refractivity contribution in [3.05, 3.63) is 30.3 Å². The largest absolute Gasteiger partial charge is 0.463 e. The fourth-order valence-electron chi connectivity index (χ4n) is 2.92. The first-order chi connectivity index (χ1) is 14.2. The fraction of sp³-hybridized carbons (Fsp3) is 0.500. The molecule has 0 N–H and O–H groups in total. The first-order valence-electron chi connectivity index (χ1n) is 9.19. The van der Waals surface area contributed by atoms with Gasteiger partial charge in [-0.05, 0) is 12.1 Å². The molecule has 1 aromatic rings. The molecule has 0 aromatic heterocycles. The van der Waals surface area contributed by atoms with Crippen LogP contribution in [0.15, 0.2) is 35.2 Å². The number of carbonyl (C=O) groups is 4. The molecule has 9 nitrogen and oxygen atoms in total. The summed E-state index contributed by atoms with van der Waals surface area (Å²) in [5.74, 6) is -2.51. The van der Waals surface area contributed by atoms with Crippen LogP contribution in [-0.2, 0) is 42.9 Å².